The molecule has 0 spiro atoms. The Morgan fingerprint density at radius 2 is 2.26 bits per heavy atom. The number of aromatic nitrogens is 1. The number of carbonyl (C=O) groups excluding carboxylic acids is 1. The predicted octanol–water partition coefficient (Wildman–Crippen LogP) is 0.544. The molecule has 19 heavy (non-hydrogen) atoms. The molecule has 0 fully saturated rings. The number of pyridine rings is 1. The second kappa shape index (κ2) is 4.81. The number of urea groups is 1. The van der Waals surface area contributed by atoms with Gasteiger partial charge in [0.2, 0.25) is 0 Å². The van der Waals surface area contributed by atoms with Gasteiger partial charge in [0.15, 0.2) is 0 Å². The van der Waals surface area contributed by atoms with Crippen LogP contribution in [-0.4, -0.2) is 22.3 Å². The maximum absolute atomic E-state index is 11.8. The standard InChI is InChI=1S/C12H12N4O3/c1-6-2-3-9-7(4-6)10(17)8(11(18)15-9)5-14-16-12(13)19/h2-5H,1H3,(H3,13,16,19)(H2,15,17,18)/b14-5+. The molecule has 1 heterocycles. The van der Waals surface area contributed by atoms with Crippen molar-refractivity contribution in [1.29, 1.82) is 0 Å². The van der Waals surface area contributed by atoms with Crippen LogP contribution in [-0.2, 0) is 0 Å². The van der Waals surface area contributed by atoms with Crippen molar-refractivity contribution in [2.75, 3.05) is 0 Å². The molecular weight excluding hydrogens is 248 g/mol. The predicted molar refractivity (Wildman–Crippen MR) is 71.3 cm³/mol. The van der Waals surface area contributed by atoms with E-state index >= 15 is 0 Å². The minimum Gasteiger partial charge on any atom is -0.506 e. The molecule has 1 aromatic carbocycles. The largest absolute Gasteiger partial charge is 0.506 e. The lowest BCUT2D eigenvalue weighted by Gasteiger charge is -2.04. The topological polar surface area (TPSA) is 121 Å². The second-order valence-corrected chi connectivity index (χ2v) is 4.00. The van der Waals surface area contributed by atoms with Gasteiger partial charge in [-0.15, -0.1) is 0 Å². The van der Waals surface area contributed by atoms with E-state index in [-0.39, 0.29) is 11.3 Å². The molecule has 0 saturated carbocycles. The smallest absolute Gasteiger partial charge is 0.332 e. The van der Waals surface area contributed by atoms with E-state index in [4.69, 9.17) is 5.73 Å². The Hall–Kier alpha value is -2.83. The summed E-state index contributed by atoms with van der Waals surface area (Å²) in [6.45, 7) is 1.87. The van der Waals surface area contributed by atoms with E-state index in [0.29, 0.717) is 10.9 Å². The maximum atomic E-state index is 11.8. The number of nitrogens with two attached hydrogens (primary N) is 1. The number of nitrogens with one attached hydrogen (secondary N) is 2. The molecule has 7 nitrogen and oxygen atoms in total. The number of hydrogen-bond acceptors (Lipinski definition) is 4. The van der Waals surface area contributed by atoms with Crippen LogP contribution in [0.1, 0.15) is 11.1 Å². The molecule has 0 aliphatic rings. The van der Waals surface area contributed by atoms with Crippen molar-refractivity contribution in [2.24, 2.45) is 10.8 Å². The fourth-order valence-corrected chi connectivity index (χ4v) is 1.69. The van der Waals surface area contributed by atoms with Crippen LogP contribution in [0.15, 0.2) is 28.1 Å². The summed E-state index contributed by atoms with van der Waals surface area (Å²) < 4.78 is 0. The Kier molecular flexibility index (Phi) is 3.19. The molecule has 0 aliphatic heterocycles. The van der Waals surface area contributed by atoms with E-state index in [1.165, 1.54) is 0 Å². The van der Waals surface area contributed by atoms with Crippen molar-refractivity contribution in [3.63, 3.8) is 0 Å². The summed E-state index contributed by atoms with van der Waals surface area (Å²) in [5.41, 5.74) is 7.68. The SMILES string of the molecule is Cc1ccc2[nH]c(=O)c(/C=N/NC(N)=O)c(O)c2c1. The highest BCUT2D eigenvalue weighted by Gasteiger charge is 2.10. The van der Waals surface area contributed by atoms with Crippen molar-refractivity contribution in [1.82, 2.24) is 10.4 Å². The number of H-pyrrole nitrogens is 1. The molecule has 5 N–H and O–H groups in total. The second-order valence-electron chi connectivity index (χ2n) is 4.00. The highest BCUT2D eigenvalue weighted by Crippen LogP contribution is 2.24. The van der Waals surface area contributed by atoms with Crippen LogP contribution in [0.25, 0.3) is 10.9 Å². The molecule has 0 radical (unpaired) electrons. The zero-order chi connectivity index (χ0) is 14.0. The minimum absolute atomic E-state index is 0.0492. The fraction of sp³-hybridized carbons (Fsp3) is 0.0833. The number of nitrogens with zero attached hydrogens (tertiary/aromatic N) is 1. The van der Waals surface area contributed by atoms with E-state index in [9.17, 15) is 14.7 Å². The van der Waals surface area contributed by atoms with Gasteiger partial charge in [0.05, 0.1) is 11.7 Å². The van der Waals surface area contributed by atoms with E-state index in [1.54, 1.807) is 12.1 Å². The lowest BCUT2D eigenvalue weighted by molar-refractivity contribution is 0.249. The summed E-state index contributed by atoms with van der Waals surface area (Å²) >= 11 is 0. The minimum atomic E-state index is -0.858. The number of fused-ring (bicyclic) bond motifs is 1. The highest BCUT2D eigenvalue weighted by atomic mass is 16.3. The lowest BCUT2D eigenvalue weighted by Crippen LogP contribution is -2.25. The molecule has 0 atom stereocenters. The van der Waals surface area contributed by atoms with Gasteiger partial charge in [-0.3, -0.25) is 4.79 Å². The molecule has 2 amide bonds. The Balaban J connectivity index is 2.58. The van der Waals surface area contributed by atoms with Gasteiger partial charge in [0.1, 0.15) is 11.3 Å². The van der Waals surface area contributed by atoms with Gasteiger partial charge in [0.25, 0.3) is 5.56 Å². The number of aromatic amines is 1. The third kappa shape index (κ3) is 2.54. The molecule has 2 rings (SSSR count). The van der Waals surface area contributed by atoms with Crippen molar-refractivity contribution in [3.8, 4) is 5.75 Å². The summed E-state index contributed by atoms with van der Waals surface area (Å²) in [6, 6.07) is 4.40. The third-order valence-corrected chi connectivity index (χ3v) is 2.55. The first-order valence-electron chi connectivity index (χ1n) is 5.43. The molecule has 0 saturated heterocycles. The van der Waals surface area contributed by atoms with Crippen molar-refractivity contribution in [2.45, 2.75) is 6.92 Å². The molecule has 7 heteroatoms. The molecule has 0 unspecified atom stereocenters. The number of aromatic hydroxyl groups is 1. The number of primary amides is 1. The average Bonchev–Trinajstić information content (AvgIpc) is 2.34. The van der Waals surface area contributed by atoms with Crippen LogP contribution < -0.4 is 16.7 Å². The summed E-state index contributed by atoms with van der Waals surface area (Å²) in [7, 11) is 0. The summed E-state index contributed by atoms with van der Waals surface area (Å²) in [4.78, 5) is 24.8. The van der Waals surface area contributed by atoms with Crippen molar-refractivity contribution in [3.05, 3.63) is 39.7 Å². The number of amides is 2. The van der Waals surface area contributed by atoms with E-state index in [0.717, 1.165) is 11.8 Å². The van der Waals surface area contributed by atoms with E-state index < -0.39 is 11.6 Å². The van der Waals surface area contributed by atoms with Gasteiger partial charge in [-0.05, 0) is 19.1 Å². The zero-order valence-corrected chi connectivity index (χ0v) is 10.1. The summed E-state index contributed by atoms with van der Waals surface area (Å²) in [5.74, 6) is -0.197. The van der Waals surface area contributed by atoms with Gasteiger partial charge in [0, 0.05) is 5.39 Å². The number of benzene rings is 1. The van der Waals surface area contributed by atoms with Crippen LogP contribution >= 0.6 is 0 Å². The van der Waals surface area contributed by atoms with Crippen LogP contribution in [0.4, 0.5) is 4.79 Å². The summed E-state index contributed by atoms with van der Waals surface area (Å²) in [5, 5.41) is 14.0. The molecule has 98 valence electrons. The maximum Gasteiger partial charge on any atom is 0.332 e. The van der Waals surface area contributed by atoms with Crippen molar-refractivity contribution >= 4 is 23.1 Å². The van der Waals surface area contributed by atoms with Gasteiger partial charge < -0.3 is 15.8 Å². The van der Waals surface area contributed by atoms with Crippen molar-refractivity contribution < 1.29 is 9.90 Å². The van der Waals surface area contributed by atoms with E-state index in [2.05, 4.69) is 10.1 Å². The van der Waals surface area contributed by atoms with Gasteiger partial charge >= 0.3 is 6.03 Å². The third-order valence-electron chi connectivity index (χ3n) is 2.55. The fourth-order valence-electron chi connectivity index (χ4n) is 1.69. The van der Waals surface area contributed by atoms with Crippen LogP contribution in [0.2, 0.25) is 0 Å². The first-order valence-corrected chi connectivity index (χ1v) is 5.43. The number of aryl methyl sites for hydroxylation is 1. The van der Waals surface area contributed by atoms with Gasteiger partial charge in [-0.2, -0.15) is 5.10 Å². The number of hydrogen-bond donors (Lipinski definition) is 4. The summed E-state index contributed by atoms with van der Waals surface area (Å²) in [6.07, 6.45) is 1.04. The monoisotopic (exact) mass is 260 g/mol. The van der Waals surface area contributed by atoms with Gasteiger partial charge in [-0.1, -0.05) is 11.6 Å². The molecular formula is C12H12N4O3. The lowest BCUT2D eigenvalue weighted by atomic mass is 10.1. The number of rotatable bonds is 2. The Bertz CT molecular complexity index is 734. The Labute approximate surface area is 107 Å². The molecule has 0 aliphatic carbocycles. The quantitative estimate of drug-likeness (QED) is 0.466. The van der Waals surface area contributed by atoms with Crippen LogP contribution in [0, 0.1) is 6.92 Å². The zero-order valence-electron chi connectivity index (χ0n) is 10.1. The van der Waals surface area contributed by atoms with Crippen LogP contribution in [0.5, 0.6) is 5.75 Å². The Morgan fingerprint density at radius 3 is 2.95 bits per heavy atom. The van der Waals surface area contributed by atoms with Gasteiger partial charge in [-0.25, -0.2) is 10.2 Å². The van der Waals surface area contributed by atoms with Crippen LogP contribution in [0.3, 0.4) is 0 Å². The normalized spacial score (nSPS) is 11.0. The molecule has 0 bridgehead atoms. The highest BCUT2D eigenvalue weighted by molar-refractivity contribution is 5.95. The first-order chi connectivity index (χ1) is 8.99. The number of carbonyl (C=O) groups is 1. The molecule has 2 aromatic rings. The number of hydrazone groups is 1. The average molecular weight is 260 g/mol. The van der Waals surface area contributed by atoms with E-state index in [1.807, 2.05) is 18.4 Å². The Morgan fingerprint density at radius 1 is 1.53 bits per heavy atom. The first kappa shape index (κ1) is 12.6. The molecule has 1 aromatic heterocycles.